The molecule has 5 heteroatoms. The summed E-state index contributed by atoms with van der Waals surface area (Å²) in [4.78, 5) is 14.8. The van der Waals surface area contributed by atoms with Gasteiger partial charge in [-0.05, 0) is 30.7 Å². The number of furan rings is 1. The van der Waals surface area contributed by atoms with Crippen molar-refractivity contribution in [2.24, 2.45) is 5.73 Å². The van der Waals surface area contributed by atoms with Crippen LogP contribution in [-0.2, 0) is 17.8 Å². The Kier molecular flexibility index (Phi) is 5.92. The van der Waals surface area contributed by atoms with Crippen molar-refractivity contribution in [1.82, 2.24) is 4.90 Å². The zero-order chi connectivity index (χ0) is 18.4. The number of amides is 1. The molecule has 0 saturated heterocycles. The van der Waals surface area contributed by atoms with E-state index in [0.717, 1.165) is 34.3 Å². The monoisotopic (exact) mass is 352 g/mol. The van der Waals surface area contributed by atoms with Crippen molar-refractivity contribution in [3.8, 4) is 5.75 Å². The van der Waals surface area contributed by atoms with Crippen LogP contribution in [0.2, 0.25) is 0 Å². The summed E-state index contributed by atoms with van der Waals surface area (Å²) >= 11 is 0. The number of carbonyl (C=O) groups is 1. The predicted octanol–water partition coefficient (Wildman–Crippen LogP) is 3.36. The first kappa shape index (κ1) is 18.0. The molecule has 0 aliphatic heterocycles. The Morgan fingerprint density at radius 1 is 1.19 bits per heavy atom. The molecule has 0 aliphatic rings. The molecule has 0 radical (unpaired) electrons. The van der Waals surface area contributed by atoms with Gasteiger partial charge in [0.05, 0.1) is 19.8 Å². The molecule has 0 fully saturated rings. The Morgan fingerprint density at radius 2 is 2.00 bits per heavy atom. The van der Waals surface area contributed by atoms with E-state index in [1.165, 1.54) is 0 Å². The third kappa shape index (κ3) is 4.24. The molecule has 3 rings (SSSR count). The minimum absolute atomic E-state index is 0.0702. The van der Waals surface area contributed by atoms with Crippen LogP contribution in [0.15, 0.2) is 59.2 Å². The van der Waals surface area contributed by atoms with Gasteiger partial charge in [0.1, 0.15) is 11.3 Å². The lowest BCUT2D eigenvalue weighted by Gasteiger charge is -2.22. The average molecular weight is 352 g/mol. The van der Waals surface area contributed by atoms with Crippen LogP contribution < -0.4 is 10.5 Å². The largest absolute Gasteiger partial charge is 0.497 e. The van der Waals surface area contributed by atoms with Crippen LogP contribution in [0.1, 0.15) is 17.5 Å². The van der Waals surface area contributed by atoms with E-state index in [9.17, 15) is 4.79 Å². The Labute approximate surface area is 153 Å². The standard InChI is InChI=1S/C21H24N2O3/c1-25-18-8-9-19-17(15-26-20(19)13-18)12-21(24)23(11-5-10-22)14-16-6-3-2-4-7-16/h2-4,6-9,13,15H,5,10-12,14,22H2,1H3. The van der Waals surface area contributed by atoms with Crippen molar-refractivity contribution in [1.29, 1.82) is 0 Å². The van der Waals surface area contributed by atoms with E-state index in [1.54, 1.807) is 13.4 Å². The van der Waals surface area contributed by atoms with E-state index in [1.807, 2.05) is 53.4 Å². The number of rotatable bonds is 8. The Hall–Kier alpha value is -2.79. The quantitative estimate of drug-likeness (QED) is 0.675. The minimum atomic E-state index is 0.0702. The highest BCUT2D eigenvalue weighted by molar-refractivity contribution is 5.88. The molecule has 0 atom stereocenters. The van der Waals surface area contributed by atoms with Gasteiger partial charge in [-0.2, -0.15) is 0 Å². The maximum atomic E-state index is 12.9. The van der Waals surface area contributed by atoms with Crippen molar-refractivity contribution in [2.45, 2.75) is 19.4 Å². The Morgan fingerprint density at radius 3 is 2.73 bits per heavy atom. The molecule has 5 nitrogen and oxygen atoms in total. The van der Waals surface area contributed by atoms with Crippen molar-refractivity contribution in [2.75, 3.05) is 20.2 Å². The molecule has 1 aromatic heterocycles. The summed E-state index contributed by atoms with van der Waals surface area (Å²) in [5, 5.41) is 0.942. The van der Waals surface area contributed by atoms with Gasteiger partial charge in [-0.1, -0.05) is 30.3 Å². The molecular formula is C21H24N2O3. The van der Waals surface area contributed by atoms with E-state index < -0.39 is 0 Å². The van der Waals surface area contributed by atoms with Gasteiger partial charge in [-0.3, -0.25) is 4.79 Å². The van der Waals surface area contributed by atoms with Crippen LogP contribution in [0, 0.1) is 0 Å². The number of nitrogens with zero attached hydrogens (tertiary/aromatic N) is 1. The first-order valence-electron chi connectivity index (χ1n) is 8.77. The topological polar surface area (TPSA) is 68.7 Å². The summed E-state index contributed by atoms with van der Waals surface area (Å²) in [5.41, 5.74) is 8.37. The summed E-state index contributed by atoms with van der Waals surface area (Å²) in [6.07, 6.45) is 2.74. The second kappa shape index (κ2) is 8.54. The van der Waals surface area contributed by atoms with Crippen molar-refractivity contribution < 1.29 is 13.9 Å². The third-order valence-electron chi connectivity index (χ3n) is 4.41. The summed E-state index contributed by atoms with van der Waals surface area (Å²) < 4.78 is 10.8. The molecule has 26 heavy (non-hydrogen) atoms. The van der Waals surface area contributed by atoms with Gasteiger partial charge in [-0.15, -0.1) is 0 Å². The lowest BCUT2D eigenvalue weighted by Crippen LogP contribution is -2.33. The smallest absolute Gasteiger partial charge is 0.227 e. The molecule has 1 amide bonds. The van der Waals surface area contributed by atoms with Crippen LogP contribution in [0.3, 0.4) is 0 Å². The van der Waals surface area contributed by atoms with Crippen LogP contribution in [0.4, 0.5) is 0 Å². The summed E-state index contributed by atoms with van der Waals surface area (Å²) in [6.45, 7) is 1.80. The van der Waals surface area contributed by atoms with Crippen molar-refractivity contribution in [3.05, 3.63) is 65.9 Å². The summed E-state index contributed by atoms with van der Waals surface area (Å²) in [6, 6.07) is 15.6. The number of hydrogen-bond acceptors (Lipinski definition) is 4. The number of nitrogens with two attached hydrogens (primary N) is 1. The molecule has 0 bridgehead atoms. The van der Waals surface area contributed by atoms with Crippen LogP contribution in [-0.4, -0.2) is 31.0 Å². The third-order valence-corrected chi connectivity index (χ3v) is 4.41. The lowest BCUT2D eigenvalue weighted by molar-refractivity contribution is -0.131. The van der Waals surface area contributed by atoms with Gasteiger partial charge in [0.15, 0.2) is 0 Å². The second-order valence-electron chi connectivity index (χ2n) is 6.24. The van der Waals surface area contributed by atoms with Crippen LogP contribution in [0.5, 0.6) is 5.75 Å². The highest BCUT2D eigenvalue weighted by Crippen LogP contribution is 2.26. The van der Waals surface area contributed by atoms with E-state index in [-0.39, 0.29) is 5.91 Å². The average Bonchev–Trinajstić information content (AvgIpc) is 3.07. The van der Waals surface area contributed by atoms with Gasteiger partial charge < -0.3 is 19.8 Å². The number of methoxy groups -OCH3 is 1. The molecule has 2 N–H and O–H groups in total. The molecule has 0 saturated carbocycles. The molecule has 0 unspecified atom stereocenters. The van der Waals surface area contributed by atoms with E-state index in [0.29, 0.717) is 26.1 Å². The van der Waals surface area contributed by atoms with Crippen LogP contribution >= 0.6 is 0 Å². The van der Waals surface area contributed by atoms with Gasteiger partial charge in [0.2, 0.25) is 5.91 Å². The maximum absolute atomic E-state index is 12.9. The molecule has 1 heterocycles. The van der Waals surface area contributed by atoms with E-state index in [2.05, 4.69) is 0 Å². The number of carbonyl (C=O) groups excluding carboxylic acids is 1. The Balaban J connectivity index is 1.76. The lowest BCUT2D eigenvalue weighted by atomic mass is 10.1. The van der Waals surface area contributed by atoms with Gasteiger partial charge in [-0.25, -0.2) is 0 Å². The van der Waals surface area contributed by atoms with Crippen LogP contribution in [0.25, 0.3) is 11.0 Å². The zero-order valence-corrected chi connectivity index (χ0v) is 15.0. The second-order valence-corrected chi connectivity index (χ2v) is 6.24. The fraction of sp³-hybridized carbons (Fsp3) is 0.286. The molecule has 0 aliphatic carbocycles. The van der Waals surface area contributed by atoms with Crippen molar-refractivity contribution in [3.63, 3.8) is 0 Å². The molecule has 3 aromatic rings. The minimum Gasteiger partial charge on any atom is -0.497 e. The van der Waals surface area contributed by atoms with E-state index in [4.69, 9.17) is 14.9 Å². The number of fused-ring (bicyclic) bond motifs is 1. The van der Waals surface area contributed by atoms with Gasteiger partial charge >= 0.3 is 0 Å². The first-order chi connectivity index (χ1) is 12.7. The van der Waals surface area contributed by atoms with Gasteiger partial charge in [0.25, 0.3) is 0 Å². The number of hydrogen-bond donors (Lipinski definition) is 1. The molecule has 136 valence electrons. The fourth-order valence-electron chi connectivity index (χ4n) is 2.98. The summed E-state index contributed by atoms with van der Waals surface area (Å²) in [5.74, 6) is 0.805. The highest BCUT2D eigenvalue weighted by Gasteiger charge is 2.17. The van der Waals surface area contributed by atoms with Gasteiger partial charge in [0, 0.05) is 30.1 Å². The molecule has 0 spiro atoms. The van der Waals surface area contributed by atoms with Crippen molar-refractivity contribution >= 4 is 16.9 Å². The summed E-state index contributed by atoms with van der Waals surface area (Å²) in [7, 11) is 1.62. The Bertz CT molecular complexity index is 858. The zero-order valence-electron chi connectivity index (χ0n) is 15.0. The first-order valence-corrected chi connectivity index (χ1v) is 8.77. The normalized spacial score (nSPS) is 10.8. The SMILES string of the molecule is COc1ccc2c(CC(=O)N(CCCN)Cc3ccccc3)coc2c1. The highest BCUT2D eigenvalue weighted by atomic mass is 16.5. The molecule has 2 aromatic carbocycles. The van der Waals surface area contributed by atoms with E-state index >= 15 is 0 Å². The predicted molar refractivity (Wildman–Crippen MR) is 102 cm³/mol. The molecular weight excluding hydrogens is 328 g/mol. The number of benzene rings is 2. The number of ether oxygens (including phenoxy) is 1. The fourth-order valence-corrected chi connectivity index (χ4v) is 2.98. The maximum Gasteiger partial charge on any atom is 0.227 e.